The number of nitrogens with one attached hydrogen (secondary N) is 1. The molecule has 19 heavy (non-hydrogen) atoms. The normalized spacial score (nSPS) is 14.7. The molecule has 0 saturated carbocycles. The van der Waals surface area contributed by atoms with Gasteiger partial charge in [0.25, 0.3) is 0 Å². The Bertz CT molecular complexity index is 392. The van der Waals surface area contributed by atoms with E-state index in [-0.39, 0.29) is 5.82 Å². The molecule has 1 nitrogen and oxygen atoms in total. The van der Waals surface area contributed by atoms with E-state index < -0.39 is 0 Å². The maximum atomic E-state index is 13.9. The fourth-order valence-electron chi connectivity index (χ4n) is 2.17. The average Bonchev–Trinajstić information content (AvgIpc) is 2.37. The first-order valence-electron chi connectivity index (χ1n) is 7.13. The molecule has 1 aromatic carbocycles. The van der Waals surface area contributed by atoms with Crippen LogP contribution in [0.1, 0.15) is 39.7 Å². The Hall–Kier alpha value is -0.410. The van der Waals surface area contributed by atoms with Crippen LogP contribution in [0.25, 0.3) is 0 Å². The van der Waals surface area contributed by atoms with Crippen LogP contribution in [-0.4, -0.2) is 12.6 Å². The lowest BCUT2D eigenvalue weighted by Crippen LogP contribution is -2.39. The third-order valence-corrected chi connectivity index (χ3v) is 4.28. The van der Waals surface area contributed by atoms with Gasteiger partial charge < -0.3 is 5.32 Å². The molecule has 0 bridgehead atoms. The van der Waals surface area contributed by atoms with Gasteiger partial charge in [-0.1, -0.05) is 43.6 Å². The number of benzene rings is 1. The average molecular weight is 330 g/mol. The van der Waals surface area contributed by atoms with Crippen molar-refractivity contribution >= 4 is 15.9 Å². The molecule has 1 N–H and O–H groups in total. The molecular weight excluding hydrogens is 305 g/mol. The highest BCUT2D eigenvalue weighted by Crippen LogP contribution is 2.22. The molecule has 0 heterocycles. The zero-order valence-electron chi connectivity index (χ0n) is 12.3. The fourth-order valence-corrected chi connectivity index (χ4v) is 2.58. The van der Waals surface area contributed by atoms with Crippen LogP contribution >= 0.6 is 15.9 Å². The van der Waals surface area contributed by atoms with Crippen molar-refractivity contribution in [2.75, 3.05) is 6.54 Å². The summed E-state index contributed by atoms with van der Waals surface area (Å²) < 4.78 is 14.8. The molecule has 0 fully saturated rings. The van der Waals surface area contributed by atoms with Crippen molar-refractivity contribution in [1.29, 1.82) is 0 Å². The first-order chi connectivity index (χ1) is 8.95. The van der Waals surface area contributed by atoms with E-state index in [1.54, 1.807) is 6.07 Å². The van der Waals surface area contributed by atoms with Gasteiger partial charge in [0, 0.05) is 10.5 Å². The summed E-state index contributed by atoms with van der Waals surface area (Å²) in [5.74, 6) is 0.997. The maximum Gasteiger partial charge on any atom is 0.126 e. The predicted molar refractivity (Wildman–Crippen MR) is 83.9 cm³/mol. The Morgan fingerprint density at radius 2 is 1.95 bits per heavy atom. The fraction of sp³-hybridized carbons (Fsp3) is 0.625. The van der Waals surface area contributed by atoms with E-state index in [1.807, 2.05) is 6.07 Å². The van der Waals surface area contributed by atoms with Gasteiger partial charge in [-0.05, 0) is 55.0 Å². The van der Waals surface area contributed by atoms with Crippen LogP contribution in [0.4, 0.5) is 4.39 Å². The Balaban J connectivity index is 2.83. The van der Waals surface area contributed by atoms with Crippen LogP contribution in [0.15, 0.2) is 22.7 Å². The van der Waals surface area contributed by atoms with Gasteiger partial charge in [0.05, 0.1) is 0 Å². The van der Waals surface area contributed by atoms with E-state index in [1.165, 1.54) is 6.07 Å². The van der Waals surface area contributed by atoms with E-state index in [9.17, 15) is 4.39 Å². The molecule has 1 aromatic rings. The molecule has 2 unspecified atom stereocenters. The van der Waals surface area contributed by atoms with Crippen molar-refractivity contribution in [1.82, 2.24) is 5.32 Å². The van der Waals surface area contributed by atoms with Crippen molar-refractivity contribution in [3.05, 3.63) is 34.1 Å². The molecule has 0 aliphatic heterocycles. The minimum absolute atomic E-state index is 0.109. The number of hydrogen-bond donors (Lipinski definition) is 1. The molecule has 3 heteroatoms. The van der Waals surface area contributed by atoms with Gasteiger partial charge in [0.1, 0.15) is 5.82 Å². The second-order valence-electron chi connectivity index (χ2n) is 5.60. The van der Waals surface area contributed by atoms with Crippen molar-refractivity contribution in [2.24, 2.45) is 11.8 Å². The first-order valence-corrected chi connectivity index (χ1v) is 7.92. The summed E-state index contributed by atoms with van der Waals surface area (Å²) in [7, 11) is 0. The monoisotopic (exact) mass is 329 g/mol. The Kier molecular flexibility index (Phi) is 7.01. The summed E-state index contributed by atoms with van der Waals surface area (Å²) >= 11 is 3.42. The molecule has 1 rings (SSSR count). The molecule has 0 aliphatic carbocycles. The van der Waals surface area contributed by atoms with Gasteiger partial charge in [0.15, 0.2) is 0 Å². The highest BCUT2D eigenvalue weighted by Gasteiger charge is 2.21. The zero-order chi connectivity index (χ0) is 14.4. The smallest absolute Gasteiger partial charge is 0.126 e. The Labute approximate surface area is 125 Å². The first kappa shape index (κ1) is 16.6. The summed E-state index contributed by atoms with van der Waals surface area (Å²) in [5.41, 5.74) is 0.787. The summed E-state index contributed by atoms with van der Waals surface area (Å²) in [4.78, 5) is 0. The van der Waals surface area contributed by atoms with Crippen LogP contribution in [0.5, 0.6) is 0 Å². The molecule has 0 amide bonds. The third kappa shape index (κ3) is 5.23. The van der Waals surface area contributed by atoms with Crippen LogP contribution in [0.3, 0.4) is 0 Å². The number of rotatable bonds is 7. The SMILES string of the molecule is CCCNC(Cc1cc(Br)ccc1F)C(C)C(C)C. The third-order valence-electron chi connectivity index (χ3n) is 3.79. The summed E-state index contributed by atoms with van der Waals surface area (Å²) in [6.45, 7) is 9.83. The quantitative estimate of drug-likeness (QED) is 0.758. The van der Waals surface area contributed by atoms with Crippen molar-refractivity contribution in [3.8, 4) is 0 Å². The second-order valence-corrected chi connectivity index (χ2v) is 6.52. The molecule has 2 atom stereocenters. The minimum Gasteiger partial charge on any atom is -0.313 e. The molecule has 108 valence electrons. The standard InChI is InChI=1S/C16H25BrFN/c1-5-8-19-16(12(4)11(2)3)10-13-9-14(17)6-7-15(13)18/h6-7,9,11-12,16,19H,5,8,10H2,1-4H3. The van der Waals surface area contributed by atoms with Gasteiger partial charge >= 0.3 is 0 Å². The van der Waals surface area contributed by atoms with Crippen molar-refractivity contribution < 1.29 is 4.39 Å². The van der Waals surface area contributed by atoms with Crippen LogP contribution in [0.2, 0.25) is 0 Å². The largest absolute Gasteiger partial charge is 0.313 e. The van der Waals surface area contributed by atoms with Crippen LogP contribution in [0, 0.1) is 17.7 Å². The zero-order valence-corrected chi connectivity index (χ0v) is 13.9. The topological polar surface area (TPSA) is 12.0 Å². The lowest BCUT2D eigenvalue weighted by atomic mass is 9.86. The summed E-state index contributed by atoms with van der Waals surface area (Å²) in [6, 6.07) is 5.50. The van der Waals surface area contributed by atoms with E-state index in [4.69, 9.17) is 0 Å². The molecule has 0 aliphatic rings. The van der Waals surface area contributed by atoms with Gasteiger partial charge in [-0.2, -0.15) is 0 Å². The Morgan fingerprint density at radius 1 is 1.26 bits per heavy atom. The maximum absolute atomic E-state index is 13.9. The van der Waals surface area contributed by atoms with Gasteiger partial charge in [0.2, 0.25) is 0 Å². The van der Waals surface area contributed by atoms with E-state index in [0.29, 0.717) is 17.9 Å². The lowest BCUT2D eigenvalue weighted by Gasteiger charge is -2.28. The highest BCUT2D eigenvalue weighted by molar-refractivity contribution is 9.10. The number of halogens is 2. The van der Waals surface area contributed by atoms with Gasteiger partial charge in [-0.15, -0.1) is 0 Å². The Morgan fingerprint density at radius 3 is 2.53 bits per heavy atom. The van der Waals surface area contributed by atoms with Crippen LogP contribution in [-0.2, 0) is 6.42 Å². The minimum atomic E-state index is -0.109. The molecular formula is C16H25BrFN. The van der Waals surface area contributed by atoms with Crippen molar-refractivity contribution in [2.45, 2.75) is 46.6 Å². The molecule has 0 radical (unpaired) electrons. The van der Waals surface area contributed by atoms with E-state index in [0.717, 1.165) is 29.4 Å². The molecule has 0 spiro atoms. The van der Waals surface area contributed by atoms with Gasteiger partial charge in [-0.3, -0.25) is 0 Å². The van der Waals surface area contributed by atoms with Crippen molar-refractivity contribution in [3.63, 3.8) is 0 Å². The summed E-state index contributed by atoms with van der Waals surface area (Å²) in [6.07, 6.45) is 1.84. The van der Waals surface area contributed by atoms with Crippen LogP contribution < -0.4 is 5.32 Å². The highest BCUT2D eigenvalue weighted by atomic mass is 79.9. The predicted octanol–water partition coefficient (Wildman–Crippen LogP) is 4.79. The lowest BCUT2D eigenvalue weighted by molar-refractivity contribution is 0.295. The van der Waals surface area contributed by atoms with E-state index >= 15 is 0 Å². The second kappa shape index (κ2) is 8.01. The molecule has 0 aromatic heterocycles. The van der Waals surface area contributed by atoms with Gasteiger partial charge in [-0.25, -0.2) is 4.39 Å². The number of hydrogen-bond acceptors (Lipinski definition) is 1. The summed E-state index contributed by atoms with van der Waals surface area (Å²) in [5, 5.41) is 3.56. The molecule has 0 saturated heterocycles. The van der Waals surface area contributed by atoms with E-state index in [2.05, 4.69) is 48.9 Å².